The van der Waals surface area contributed by atoms with Gasteiger partial charge in [-0.3, -0.25) is 15.1 Å². The van der Waals surface area contributed by atoms with Crippen LogP contribution < -0.4 is 5.32 Å². The maximum absolute atomic E-state index is 11.1. The van der Waals surface area contributed by atoms with Crippen molar-refractivity contribution in [2.45, 2.75) is 12.5 Å². The molecule has 1 heterocycles. The van der Waals surface area contributed by atoms with Gasteiger partial charge in [0, 0.05) is 6.20 Å². The molecule has 110 valence electrons. The molecule has 0 spiro atoms. The number of anilines is 1. The number of hydrogen-bond donors (Lipinski definition) is 2. The standard InChI is InChI=1S/C14H14BrN3O3/c1-14(9-19,10-5-3-2-4-6-10)17-13-11(15)7-16-8-12(13)18(20)21/h2-8,19H,9H2,1H3,(H,16,17). The third-order valence-corrected chi connectivity index (χ3v) is 3.81. The van der Waals surface area contributed by atoms with E-state index in [-0.39, 0.29) is 18.0 Å². The molecule has 0 aliphatic heterocycles. The fraction of sp³-hybridized carbons (Fsp3) is 0.214. The Morgan fingerprint density at radius 1 is 1.38 bits per heavy atom. The van der Waals surface area contributed by atoms with Gasteiger partial charge in [-0.15, -0.1) is 0 Å². The molecular formula is C14H14BrN3O3. The number of hydrogen-bond acceptors (Lipinski definition) is 5. The molecule has 1 aromatic carbocycles. The van der Waals surface area contributed by atoms with Gasteiger partial charge in [-0.25, -0.2) is 0 Å². The number of halogens is 1. The molecular weight excluding hydrogens is 338 g/mol. The second kappa shape index (κ2) is 6.19. The highest BCUT2D eigenvalue weighted by Gasteiger charge is 2.29. The van der Waals surface area contributed by atoms with E-state index < -0.39 is 10.5 Å². The van der Waals surface area contributed by atoms with Crippen LogP contribution in [0.5, 0.6) is 0 Å². The zero-order valence-corrected chi connectivity index (χ0v) is 12.9. The van der Waals surface area contributed by atoms with E-state index in [1.165, 1.54) is 12.4 Å². The highest BCUT2D eigenvalue weighted by molar-refractivity contribution is 9.10. The molecule has 2 rings (SSSR count). The molecule has 1 aromatic heterocycles. The first-order chi connectivity index (χ1) is 9.98. The lowest BCUT2D eigenvalue weighted by Crippen LogP contribution is -2.36. The monoisotopic (exact) mass is 351 g/mol. The van der Waals surface area contributed by atoms with Crippen LogP contribution in [0.15, 0.2) is 47.2 Å². The molecule has 0 fully saturated rings. The van der Waals surface area contributed by atoms with Crippen molar-refractivity contribution in [1.82, 2.24) is 4.98 Å². The van der Waals surface area contributed by atoms with Crippen molar-refractivity contribution in [3.63, 3.8) is 0 Å². The van der Waals surface area contributed by atoms with E-state index in [9.17, 15) is 15.2 Å². The first kappa shape index (κ1) is 15.4. The van der Waals surface area contributed by atoms with E-state index >= 15 is 0 Å². The van der Waals surface area contributed by atoms with Gasteiger partial charge in [0.1, 0.15) is 11.9 Å². The first-order valence-electron chi connectivity index (χ1n) is 6.20. The van der Waals surface area contributed by atoms with E-state index in [0.29, 0.717) is 4.47 Å². The number of aliphatic hydroxyl groups excluding tert-OH is 1. The van der Waals surface area contributed by atoms with E-state index in [1.54, 1.807) is 6.92 Å². The second-order valence-corrected chi connectivity index (χ2v) is 5.61. The van der Waals surface area contributed by atoms with Crippen molar-refractivity contribution >= 4 is 27.3 Å². The zero-order chi connectivity index (χ0) is 15.5. The van der Waals surface area contributed by atoms with Crippen LogP contribution >= 0.6 is 15.9 Å². The molecule has 2 aromatic rings. The molecule has 0 saturated heterocycles. The van der Waals surface area contributed by atoms with Gasteiger partial charge in [0.15, 0.2) is 0 Å². The van der Waals surface area contributed by atoms with Crippen LogP contribution in [0.3, 0.4) is 0 Å². The van der Waals surface area contributed by atoms with Crippen LogP contribution in [-0.4, -0.2) is 21.6 Å². The smallest absolute Gasteiger partial charge is 0.311 e. The molecule has 1 atom stereocenters. The lowest BCUT2D eigenvalue weighted by atomic mass is 9.92. The lowest BCUT2D eigenvalue weighted by Gasteiger charge is -2.30. The predicted molar refractivity (Wildman–Crippen MR) is 83.1 cm³/mol. The van der Waals surface area contributed by atoms with Crippen LogP contribution in [-0.2, 0) is 5.54 Å². The highest BCUT2D eigenvalue weighted by Crippen LogP contribution is 2.36. The van der Waals surface area contributed by atoms with Crippen molar-refractivity contribution < 1.29 is 10.0 Å². The third kappa shape index (κ3) is 3.20. The van der Waals surface area contributed by atoms with Gasteiger partial charge in [-0.05, 0) is 28.4 Å². The fourth-order valence-corrected chi connectivity index (χ4v) is 2.39. The molecule has 6 nitrogen and oxygen atoms in total. The van der Waals surface area contributed by atoms with Crippen LogP contribution in [0.2, 0.25) is 0 Å². The van der Waals surface area contributed by atoms with Gasteiger partial charge in [0.25, 0.3) is 0 Å². The predicted octanol–water partition coefficient (Wildman–Crippen LogP) is 3.07. The summed E-state index contributed by atoms with van der Waals surface area (Å²) >= 11 is 3.26. The Labute approximate surface area is 130 Å². The summed E-state index contributed by atoms with van der Waals surface area (Å²) in [4.78, 5) is 14.4. The first-order valence-corrected chi connectivity index (χ1v) is 6.99. The molecule has 2 N–H and O–H groups in total. The quantitative estimate of drug-likeness (QED) is 0.638. The molecule has 0 aliphatic carbocycles. The van der Waals surface area contributed by atoms with E-state index in [4.69, 9.17) is 0 Å². The SMILES string of the molecule is CC(CO)(Nc1c(Br)cncc1[N+](=O)[O-])c1ccccc1. The van der Waals surface area contributed by atoms with Crippen LogP contribution in [0.25, 0.3) is 0 Å². The van der Waals surface area contributed by atoms with Crippen molar-refractivity contribution in [3.05, 3.63) is 62.9 Å². The summed E-state index contributed by atoms with van der Waals surface area (Å²) in [5, 5.41) is 23.9. The van der Waals surface area contributed by atoms with Gasteiger partial charge in [-0.1, -0.05) is 30.3 Å². The number of benzene rings is 1. The maximum Gasteiger partial charge on any atom is 0.311 e. The minimum Gasteiger partial charge on any atom is -0.394 e. The minimum absolute atomic E-state index is 0.153. The van der Waals surface area contributed by atoms with Crippen LogP contribution in [0.1, 0.15) is 12.5 Å². The van der Waals surface area contributed by atoms with E-state index in [0.717, 1.165) is 5.56 Å². The topological polar surface area (TPSA) is 88.3 Å². The zero-order valence-electron chi connectivity index (χ0n) is 11.3. The molecule has 0 amide bonds. The van der Waals surface area contributed by atoms with Crippen LogP contribution in [0, 0.1) is 10.1 Å². The van der Waals surface area contributed by atoms with Crippen molar-refractivity contribution in [1.29, 1.82) is 0 Å². The van der Waals surface area contributed by atoms with Gasteiger partial charge in [0.05, 0.1) is 21.5 Å². The van der Waals surface area contributed by atoms with E-state index in [1.807, 2.05) is 30.3 Å². The summed E-state index contributed by atoms with van der Waals surface area (Å²) < 4.78 is 0.465. The normalized spacial score (nSPS) is 13.5. The molecule has 21 heavy (non-hydrogen) atoms. The number of nitro groups is 1. The number of aromatic nitrogens is 1. The Bertz CT molecular complexity index is 651. The van der Waals surface area contributed by atoms with Gasteiger partial charge in [0.2, 0.25) is 0 Å². The second-order valence-electron chi connectivity index (χ2n) is 4.75. The Morgan fingerprint density at radius 3 is 2.62 bits per heavy atom. The van der Waals surface area contributed by atoms with Crippen molar-refractivity contribution in [2.75, 3.05) is 11.9 Å². The fourth-order valence-electron chi connectivity index (χ4n) is 1.97. The summed E-state index contributed by atoms with van der Waals surface area (Å²) in [6.07, 6.45) is 2.65. The Morgan fingerprint density at radius 2 is 2.05 bits per heavy atom. The van der Waals surface area contributed by atoms with Crippen molar-refractivity contribution in [2.24, 2.45) is 0 Å². The Balaban J connectivity index is 2.47. The van der Waals surface area contributed by atoms with Crippen LogP contribution in [0.4, 0.5) is 11.4 Å². The summed E-state index contributed by atoms with van der Waals surface area (Å²) in [6.45, 7) is 1.56. The van der Waals surface area contributed by atoms with E-state index in [2.05, 4.69) is 26.2 Å². The van der Waals surface area contributed by atoms with Gasteiger partial charge in [-0.2, -0.15) is 0 Å². The number of nitrogens with one attached hydrogen (secondary N) is 1. The summed E-state index contributed by atoms with van der Waals surface area (Å²) in [7, 11) is 0. The molecule has 7 heteroatoms. The van der Waals surface area contributed by atoms with Gasteiger partial charge < -0.3 is 10.4 Å². The average molecular weight is 352 g/mol. The number of nitrogens with zero attached hydrogens (tertiary/aromatic N) is 2. The lowest BCUT2D eigenvalue weighted by molar-refractivity contribution is -0.384. The average Bonchev–Trinajstić information content (AvgIpc) is 2.49. The third-order valence-electron chi connectivity index (χ3n) is 3.20. The number of rotatable bonds is 5. The maximum atomic E-state index is 11.1. The molecule has 0 bridgehead atoms. The summed E-state index contributed by atoms with van der Waals surface area (Å²) in [5.41, 5.74) is 0.108. The number of pyridine rings is 1. The summed E-state index contributed by atoms with van der Waals surface area (Å²) in [5.74, 6) is 0. The highest BCUT2D eigenvalue weighted by atomic mass is 79.9. The summed E-state index contributed by atoms with van der Waals surface area (Å²) in [6, 6.07) is 9.27. The van der Waals surface area contributed by atoms with Gasteiger partial charge >= 0.3 is 5.69 Å². The van der Waals surface area contributed by atoms with Crippen molar-refractivity contribution in [3.8, 4) is 0 Å². The molecule has 0 saturated carbocycles. The minimum atomic E-state index is -0.851. The molecule has 0 aliphatic rings. The largest absolute Gasteiger partial charge is 0.394 e. The molecule has 1 unspecified atom stereocenters. The Hall–Kier alpha value is -1.99. The molecule has 0 radical (unpaired) electrons. The Kier molecular flexibility index (Phi) is 4.54. The number of aliphatic hydroxyl groups is 1.